The van der Waals surface area contributed by atoms with Crippen molar-refractivity contribution in [2.24, 2.45) is 57.5 Å². The highest BCUT2D eigenvalue weighted by atomic mass is 32.1. The number of H-pyrrole nitrogens is 1. The van der Waals surface area contributed by atoms with Crippen molar-refractivity contribution < 1.29 is 78.1 Å². The Bertz CT molecular complexity index is 2460. The Morgan fingerprint density at radius 3 is 1.33 bits per heavy atom. The lowest BCUT2D eigenvalue weighted by Crippen LogP contribution is -2.41. The number of carbonyl (C=O) groups excluding carboxylic acids is 4. The van der Waals surface area contributed by atoms with Crippen molar-refractivity contribution in [1.29, 1.82) is 0 Å². The highest BCUT2D eigenvalue weighted by molar-refractivity contribution is 7.80. The van der Waals surface area contributed by atoms with E-state index in [0.29, 0.717) is 30.0 Å². The molecule has 1 heterocycles. The van der Waals surface area contributed by atoms with Gasteiger partial charge in [0.05, 0.1) is 6.10 Å². The number of fused-ring (bicyclic) bond motifs is 1. The van der Waals surface area contributed by atoms with Gasteiger partial charge in [0.15, 0.2) is 0 Å². The molecule has 24 N–H and O–H groups in total. The van der Waals surface area contributed by atoms with E-state index < -0.39 is 102 Å². The maximum atomic E-state index is 12.3. The Hall–Kier alpha value is -6.54. The van der Waals surface area contributed by atoms with Gasteiger partial charge < -0.3 is 96.3 Å². The first-order valence-electron chi connectivity index (χ1n) is 24.0. The third-order valence-corrected chi connectivity index (χ3v) is 11.3. The van der Waals surface area contributed by atoms with E-state index >= 15 is 0 Å². The summed E-state index contributed by atoms with van der Waals surface area (Å²) in [5.41, 5.74) is 52.2. The van der Waals surface area contributed by atoms with Gasteiger partial charge in [-0.25, -0.2) is 19.2 Å². The highest BCUT2D eigenvalue weighted by Gasteiger charge is 2.25. The van der Waals surface area contributed by atoms with E-state index in [1.54, 1.807) is 68.6 Å². The Balaban J connectivity index is 0.00000112. The lowest BCUT2D eigenvalue weighted by molar-refractivity contribution is -0.161. The number of hydrogen-bond donors (Lipinski definition) is 17. The molecule has 0 radical (unpaired) electrons. The number of para-hydroxylation sites is 1. The highest BCUT2D eigenvalue weighted by Crippen LogP contribution is 2.20. The van der Waals surface area contributed by atoms with Crippen molar-refractivity contribution >= 4 is 83.9 Å². The number of benzene rings is 3. The maximum absolute atomic E-state index is 12.3. The monoisotopic (exact) mass is 1140 g/mol. The molecule has 0 unspecified atom stereocenters. The van der Waals surface area contributed by atoms with Crippen LogP contribution in [-0.4, -0.2) is 151 Å². The zero-order valence-corrected chi connectivity index (χ0v) is 45.2. The van der Waals surface area contributed by atoms with Gasteiger partial charge in [0.1, 0.15) is 59.8 Å². The molecule has 0 aliphatic heterocycles. The van der Waals surface area contributed by atoms with Gasteiger partial charge in [-0.15, -0.1) is 0 Å². The molecule has 0 aliphatic carbocycles. The Labute approximate surface area is 461 Å². The van der Waals surface area contributed by atoms with Gasteiger partial charge in [0.25, 0.3) is 0 Å². The number of unbranched alkanes of at least 4 members (excludes halogenated alkanes) is 1. The molecule has 0 spiro atoms. The Kier molecular flexibility index (Phi) is 34.9. The summed E-state index contributed by atoms with van der Waals surface area (Å²) in [6, 6.07) is 13.3. The van der Waals surface area contributed by atoms with Crippen LogP contribution < -0.4 is 61.1 Å². The number of carboxylic acid groups (broad SMARTS) is 4. The molecule has 78 heavy (non-hydrogen) atoms. The zero-order chi connectivity index (χ0) is 59.8. The number of aliphatic hydroxyl groups is 1. The molecule has 0 saturated carbocycles. The minimum Gasteiger partial charge on any atom is -0.480 e. The molecular formula is C50H76N10O16S2. The van der Waals surface area contributed by atoms with Crippen LogP contribution >= 0.6 is 25.3 Å². The van der Waals surface area contributed by atoms with Crippen molar-refractivity contribution in [3.05, 3.63) is 95.7 Å². The van der Waals surface area contributed by atoms with Gasteiger partial charge in [-0.1, -0.05) is 62.7 Å². The number of nitrogens with two attached hydrogens (primary N) is 9. The van der Waals surface area contributed by atoms with Crippen molar-refractivity contribution in [3.8, 4) is 11.5 Å². The van der Waals surface area contributed by atoms with Gasteiger partial charge in [-0.05, 0) is 92.1 Å². The van der Waals surface area contributed by atoms with E-state index in [0.717, 1.165) is 34.9 Å². The number of thiol groups is 2. The fraction of sp³-hybridized carbons (Fsp3) is 0.440. The third-order valence-electron chi connectivity index (χ3n) is 10.5. The molecule has 28 heteroatoms. The topological polar surface area (TPSA) is 515 Å². The average Bonchev–Trinajstić information content (AvgIpc) is 3.81. The quantitative estimate of drug-likeness (QED) is 0.0132. The lowest BCUT2D eigenvalue weighted by Gasteiger charge is -2.14. The van der Waals surface area contributed by atoms with Crippen LogP contribution in [0.25, 0.3) is 10.9 Å². The van der Waals surface area contributed by atoms with E-state index in [2.05, 4.69) is 30.2 Å². The van der Waals surface area contributed by atoms with Crippen LogP contribution in [0.1, 0.15) is 56.7 Å². The van der Waals surface area contributed by atoms with Crippen LogP contribution in [0.3, 0.4) is 0 Å². The van der Waals surface area contributed by atoms with Gasteiger partial charge >= 0.3 is 47.8 Å². The molecule has 434 valence electrons. The predicted octanol–water partition coefficient (Wildman–Crippen LogP) is -0.996. The van der Waals surface area contributed by atoms with Crippen molar-refractivity contribution in [2.45, 2.75) is 114 Å². The fourth-order valence-corrected chi connectivity index (χ4v) is 5.90. The van der Waals surface area contributed by atoms with Crippen LogP contribution in [-0.2, 0) is 62.4 Å². The van der Waals surface area contributed by atoms with E-state index in [1.165, 1.54) is 6.92 Å². The van der Waals surface area contributed by atoms with Crippen LogP contribution in [0.2, 0.25) is 0 Å². The largest absolute Gasteiger partial charge is 0.480 e. The number of ether oxygens (including phenoxy) is 3. The number of carbonyl (C=O) groups is 8. The van der Waals surface area contributed by atoms with Gasteiger partial charge in [0.2, 0.25) is 0 Å². The second-order valence-electron chi connectivity index (χ2n) is 17.5. The molecule has 4 aromatic rings. The maximum Gasteiger partial charge on any atom is 0.330 e. The number of rotatable bonds is 24. The van der Waals surface area contributed by atoms with Gasteiger partial charge in [0, 0.05) is 35.0 Å². The fourth-order valence-electron chi connectivity index (χ4n) is 5.59. The number of esters is 4. The molecule has 4 rings (SSSR count). The van der Waals surface area contributed by atoms with Gasteiger partial charge in [-0.2, -0.15) is 25.3 Å². The molecule has 0 amide bonds. The van der Waals surface area contributed by atoms with Crippen LogP contribution in [0.4, 0.5) is 0 Å². The van der Waals surface area contributed by atoms with Crippen LogP contribution in [0.5, 0.6) is 11.5 Å². The standard InChI is InChI=1S/C23H26N4O5S.C15H23N3O4.C5H11NO2.C4H9NO3.C3H7NO2S/c24-17(9-13-5-7-15(8-6-13)31-23(30)19(26)12-33)21(28)32-22(29)18(25)10-14-11-27-20-4-2-1-3-16(14)20;16-8-2-1-3-12(17)15(21)22-11-6-4-10(5-7-11)9-13(18)14(19)20;1-3(2)4(6)5(7)8;1-2(6)3(5)4(7)8;4-2(1-7)3(5)6/h1-8,11,17-19,27,33H,9-10,12,24-26H2;4-7,12-13H,1-3,8-9,16-18H2,(H,19,20);3-4H,6H2,1-2H3,(H,7,8);2-3,6H,5H2,1H3,(H,7,8);2,7H,1,4H2,(H,5,6)/t17-,18+,19-;12-,13-;4-;2-,3+;2-/m00010/s1. The number of hydrogen-bond acceptors (Lipinski definition) is 23. The predicted molar refractivity (Wildman–Crippen MR) is 296 cm³/mol. The summed E-state index contributed by atoms with van der Waals surface area (Å²) in [6.07, 6.45) is 3.46. The first-order chi connectivity index (χ1) is 36.5. The molecular weight excluding hydrogens is 1060 g/mol. The van der Waals surface area contributed by atoms with E-state index in [-0.39, 0.29) is 36.7 Å². The van der Waals surface area contributed by atoms with Crippen LogP contribution in [0, 0.1) is 5.92 Å². The molecule has 0 bridgehead atoms. The summed E-state index contributed by atoms with van der Waals surface area (Å²) in [4.78, 5) is 91.5. The second-order valence-corrected chi connectivity index (χ2v) is 18.3. The first kappa shape index (κ1) is 71.5. The van der Waals surface area contributed by atoms with E-state index in [4.69, 9.17) is 91.3 Å². The Morgan fingerprint density at radius 1 is 0.526 bits per heavy atom. The summed E-state index contributed by atoms with van der Waals surface area (Å²) in [7, 11) is 0. The lowest BCUT2D eigenvalue weighted by atomic mass is 10.1. The molecule has 3 aromatic carbocycles. The first-order valence-corrected chi connectivity index (χ1v) is 25.2. The van der Waals surface area contributed by atoms with Gasteiger partial charge in [-0.3, -0.25) is 19.2 Å². The number of aromatic amines is 1. The molecule has 0 aliphatic rings. The molecule has 0 fully saturated rings. The van der Waals surface area contributed by atoms with Crippen LogP contribution in [0.15, 0.2) is 79.0 Å². The zero-order valence-electron chi connectivity index (χ0n) is 43.5. The number of aliphatic hydroxyl groups excluding tert-OH is 1. The third kappa shape index (κ3) is 28.7. The molecule has 26 nitrogen and oxygen atoms in total. The second kappa shape index (κ2) is 38.1. The number of carboxylic acids is 4. The summed E-state index contributed by atoms with van der Waals surface area (Å²) >= 11 is 7.60. The molecule has 1 aromatic heterocycles. The summed E-state index contributed by atoms with van der Waals surface area (Å²) in [5.74, 6) is -5.93. The molecule has 0 saturated heterocycles. The van der Waals surface area contributed by atoms with Crippen molar-refractivity contribution in [3.63, 3.8) is 0 Å². The van der Waals surface area contributed by atoms with Crippen molar-refractivity contribution in [1.82, 2.24) is 4.98 Å². The minimum absolute atomic E-state index is 0.0208. The summed E-state index contributed by atoms with van der Waals surface area (Å²) < 4.78 is 15.2. The number of aliphatic carboxylic acids is 4. The smallest absolute Gasteiger partial charge is 0.330 e. The van der Waals surface area contributed by atoms with Crippen molar-refractivity contribution in [2.75, 3.05) is 18.1 Å². The minimum atomic E-state index is -1.18. The van der Waals surface area contributed by atoms with E-state index in [1.807, 2.05) is 24.3 Å². The SMILES string of the molecule is CC(C)[C@H](N)C(=O)O.C[C@@H](O)[C@H](N)C(=O)O.NCCCC[C@H](N)C(=O)Oc1ccc(C[C@H](N)C(=O)O)cc1.N[C@@H](CS)C(=O)O.N[C@H](Cc1c[nH]c2ccccc12)C(=O)OC(=O)[C@@H](N)Cc1ccc(OC(=O)[C@@H](N)CS)cc1. The number of nitrogens with one attached hydrogen (secondary N) is 1. The summed E-state index contributed by atoms with van der Waals surface area (Å²) in [5, 5.41) is 42.5. The molecule has 9 atom stereocenters. The Morgan fingerprint density at radius 2 is 0.962 bits per heavy atom. The van der Waals surface area contributed by atoms with E-state index in [9.17, 15) is 38.4 Å². The number of aromatic nitrogens is 1. The summed E-state index contributed by atoms with van der Waals surface area (Å²) in [6.45, 7) is 5.46. The normalized spacial score (nSPS) is 14.1. The average molecular weight is 1140 g/mol.